The first-order valence-corrected chi connectivity index (χ1v) is 16.5. The number of carbonyl (C=O) groups is 1. The number of thiophene rings is 1. The number of pyridine rings is 3. The van der Waals surface area contributed by atoms with Gasteiger partial charge in [0.05, 0.1) is 27.4 Å². The summed E-state index contributed by atoms with van der Waals surface area (Å²) in [6, 6.07) is 17.1. The normalized spacial score (nSPS) is 14.4. The van der Waals surface area contributed by atoms with Crippen molar-refractivity contribution in [1.82, 2.24) is 19.4 Å². The molecule has 0 spiro atoms. The van der Waals surface area contributed by atoms with Gasteiger partial charge in [-0.1, -0.05) is 12.1 Å². The van der Waals surface area contributed by atoms with Crippen LogP contribution in [0.1, 0.15) is 27.0 Å². The molecule has 4 aromatic heterocycles. The molecule has 49 heavy (non-hydrogen) atoms. The molecule has 0 atom stereocenters. The topological polar surface area (TPSA) is 86.5 Å². The van der Waals surface area contributed by atoms with Crippen LogP contribution in [0.15, 0.2) is 90.1 Å². The lowest BCUT2D eigenvalue weighted by molar-refractivity contribution is 0.0590. The van der Waals surface area contributed by atoms with Crippen molar-refractivity contribution in [2.24, 2.45) is 0 Å². The van der Waals surface area contributed by atoms with Crippen LogP contribution in [0.5, 0.6) is 17.2 Å². The molecule has 2 aliphatic heterocycles. The van der Waals surface area contributed by atoms with Crippen molar-refractivity contribution < 1.29 is 27.4 Å². The summed E-state index contributed by atoms with van der Waals surface area (Å²) in [5.74, 6) is -1.03. The lowest BCUT2D eigenvalue weighted by Crippen LogP contribution is -2.47. The Morgan fingerprint density at radius 2 is 1.80 bits per heavy atom. The zero-order valence-electron chi connectivity index (χ0n) is 25.9. The molecule has 6 aromatic rings. The molecule has 0 bridgehead atoms. The zero-order valence-corrected chi connectivity index (χ0v) is 26.7. The van der Waals surface area contributed by atoms with Gasteiger partial charge in [0.15, 0.2) is 17.3 Å². The number of carbonyl (C=O) groups excluding carboxylic acids is 1. The average molecular weight is 681 g/mol. The van der Waals surface area contributed by atoms with Crippen LogP contribution in [-0.4, -0.2) is 51.1 Å². The molecule has 8 nitrogen and oxygen atoms in total. The number of nitrogens with zero attached hydrogens (tertiary/aromatic N) is 4. The third kappa shape index (κ3) is 6.09. The molecular weight excluding hydrogens is 653 g/mol. The second kappa shape index (κ2) is 12.6. The molecule has 0 saturated carbocycles. The number of rotatable bonds is 9. The maximum absolute atomic E-state index is 15.5. The van der Waals surface area contributed by atoms with E-state index in [1.807, 2.05) is 23.1 Å². The summed E-state index contributed by atoms with van der Waals surface area (Å²) < 4.78 is 55.9. The van der Waals surface area contributed by atoms with Crippen molar-refractivity contribution >= 4 is 27.3 Å². The number of hydrogen-bond acceptors (Lipinski definition) is 8. The average Bonchev–Trinajstić information content (AvgIpc) is 3.74. The van der Waals surface area contributed by atoms with Gasteiger partial charge in [-0.05, 0) is 59.7 Å². The molecule has 0 unspecified atom stereocenters. The van der Waals surface area contributed by atoms with E-state index in [-0.39, 0.29) is 23.5 Å². The minimum Gasteiger partial charge on any atom is -0.492 e. The first kappa shape index (κ1) is 31.0. The number of Topliss-reactive ketones (excluding diaryl/α,β-unsaturated/α-hetero) is 1. The number of halogens is 3. The molecule has 2 aliphatic rings. The van der Waals surface area contributed by atoms with Crippen LogP contribution in [0.3, 0.4) is 0 Å². The van der Waals surface area contributed by atoms with Crippen molar-refractivity contribution in [3.63, 3.8) is 0 Å². The summed E-state index contributed by atoms with van der Waals surface area (Å²) in [5, 5.41) is 0. The standard InChI is InChI=1S/C37H27F3N4O4S/c38-24-3-5-26(6-4-24)44-18-23-10-12-47-35(23)34(37(44)46)30(45)14-21-2-8-31(27(40)13-21)48-32-9-11-41-29-15-33(49-36(29)32)28-7-1-22(16-42-28)17-43-19-25(39)20-43/h1-9,11,13,15-16,18,25H,10,12,14,17,19-20H2. The highest BCUT2D eigenvalue weighted by molar-refractivity contribution is 7.22. The minimum absolute atomic E-state index is 0.0368. The minimum atomic E-state index is -0.752. The van der Waals surface area contributed by atoms with Gasteiger partial charge in [-0.3, -0.25) is 29.0 Å². The molecule has 6 heterocycles. The number of likely N-dealkylation sites (tertiary alicyclic amines) is 1. The van der Waals surface area contributed by atoms with E-state index in [1.54, 1.807) is 30.7 Å². The number of fused-ring (bicyclic) bond motifs is 2. The number of alkyl halides is 1. The first-order chi connectivity index (χ1) is 23.8. The van der Waals surface area contributed by atoms with E-state index in [4.69, 9.17) is 9.47 Å². The van der Waals surface area contributed by atoms with E-state index < -0.39 is 29.1 Å². The molecule has 246 valence electrons. The van der Waals surface area contributed by atoms with E-state index in [1.165, 1.54) is 52.3 Å². The maximum Gasteiger partial charge on any atom is 0.269 e. The van der Waals surface area contributed by atoms with E-state index in [0.717, 1.165) is 16.1 Å². The van der Waals surface area contributed by atoms with Crippen LogP contribution in [0.25, 0.3) is 26.5 Å². The predicted molar refractivity (Wildman–Crippen MR) is 179 cm³/mol. The second-order valence-electron chi connectivity index (χ2n) is 12.1. The van der Waals surface area contributed by atoms with E-state index in [0.29, 0.717) is 65.4 Å². The Balaban J connectivity index is 1.01. The maximum atomic E-state index is 15.5. The van der Waals surface area contributed by atoms with Gasteiger partial charge in [0, 0.05) is 68.4 Å². The molecule has 12 heteroatoms. The van der Waals surface area contributed by atoms with Crippen LogP contribution < -0.4 is 15.0 Å². The van der Waals surface area contributed by atoms with Crippen molar-refractivity contribution in [3.8, 4) is 33.5 Å². The molecule has 1 fully saturated rings. The molecular formula is C37H27F3N4O4S. The van der Waals surface area contributed by atoms with Crippen LogP contribution in [0.4, 0.5) is 13.2 Å². The summed E-state index contributed by atoms with van der Waals surface area (Å²) in [7, 11) is 0. The number of aromatic nitrogens is 3. The Morgan fingerprint density at radius 1 is 0.980 bits per heavy atom. The number of hydrogen-bond donors (Lipinski definition) is 0. The smallest absolute Gasteiger partial charge is 0.269 e. The van der Waals surface area contributed by atoms with Crippen LogP contribution in [-0.2, 0) is 19.4 Å². The summed E-state index contributed by atoms with van der Waals surface area (Å²) >= 11 is 1.42. The Morgan fingerprint density at radius 3 is 2.55 bits per heavy atom. The van der Waals surface area contributed by atoms with Gasteiger partial charge in [-0.25, -0.2) is 13.2 Å². The lowest BCUT2D eigenvalue weighted by atomic mass is 10.0. The van der Waals surface area contributed by atoms with Gasteiger partial charge >= 0.3 is 0 Å². The van der Waals surface area contributed by atoms with Crippen LogP contribution in [0, 0.1) is 11.6 Å². The number of ketones is 1. The van der Waals surface area contributed by atoms with Gasteiger partial charge in [-0.15, -0.1) is 11.3 Å². The van der Waals surface area contributed by atoms with Gasteiger partial charge < -0.3 is 9.47 Å². The Hall–Kier alpha value is -5.33. The highest BCUT2D eigenvalue weighted by Gasteiger charge is 2.28. The SMILES string of the molecule is O=C(Cc1ccc(Oc2ccnc3cc(-c4ccc(CN5CC(F)C5)cn4)sc23)c(F)c1)c1c2c(cn(-c3ccc(F)cc3)c1=O)CCO2. The van der Waals surface area contributed by atoms with Crippen molar-refractivity contribution in [2.45, 2.75) is 25.6 Å². The Bertz CT molecular complexity index is 2280. The number of ether oxygens (including phenoxy) is 2. The highest BCUT2D eigenvalue weighted by atomic mass is 32.1. The molecule has 1 saturated heterocycles. The Kier molecular flexibility index (Phi) is 7.97. The molecule has 0 aliphatic carbocycles. The van der Waals surface area contributed by atoms with Crippen molar-refractivity contribution in [1.29, 1.82) is 0 Å². The third-order valence-electron chi connectivity index (χ3n) is 8.59. The van der Waals surface area contributed by atoms with Gasteiger partial charge in [0.2, 0.25) is 0 Å². The molecule has 8 rings (SSSR count). The number of benzene rings is 2. The first-order valence-electron chi connectivity index (χ1n) is 15.7. The monoisotopic (exact) mass is 680 g/mol. The predicted octanol–water partition coefficient (Wildman–Crippen LogP) is 7.09. The summed E-state index contributed by atoms with van der Waals surface area (Å²) in [5.41, 5.74) is 3.17. The fourth-order valence-electron chi connectivity index (χ4n) is 6.11. The van der Waals surface area contributed by atoms with E-state index >= 15 is 4.39 Å². The van der Waals surface area contributed by atoms with Crippen molar-refractivity contribution in [2.75, 3.05) is 19.7 Å². The molecule has 0 amide bonds. The van der Waals surface area contributed by atoms with Gasteiger partial charge in [-0.2, -0.15) is 0 Å². The molecule has 0 radical (unpaired) electrons. The highest BCUT2D eigenvalue weighted by Crippen LogP contribution is 2.39. The Labute approximate surface area is 282 Å². The van der Waals surface area contributed by atoms with Crippen LogP contribution in [0.2, 0.25) is 0 Å². The third-order valence-corrected chi connectivity index (χ3v) is 9.75. The molecule has 2 aromatic carbocycles. The summed E-state index contributed by atoms with van der Waals surface area (Å²) in [6.07, 6.45) is 4.49. The largest absolute Gasteiger partial charge is 0.492 e. The summed E-state index contributed by atoms with van der Waals surface area (Å²) in [6.45, 7) is 1.86. The quantitative estimate of drug-likeness (QED) is 0.151. The van der Waals surface area contributed by atoms with Crippen molar-refractivity contribution in [3.05, 3.63) is 130 Å². The molecule has 0 N–H and O–H groups in total. The fourth-order valence-corrected chi connectivity index (χ4v) is 7.15. The second-order valence-corrected chi connectivity index (χ2v) is 13.1. The van der Waals surface area contributed by atoms with Gasteiger partial charge in [0.25, 0.3) is 5.56 Å². The van der Waals surface area contributed by atoms with E-state index in [9.17, 15) is 18.4 Å². The fraction of sp³-hybridized carbons (Fsp3) is 0.189. The lowest BCUT2D eigenvalue weighted by Gasteiger charge is -2.34. The van der Waals surface area contributed by atoms with Crippen LogP contribution >= 0.6 is 11.3 Å². The summed E-state index contributed by atoms with van der Waals surface area (Å²) in [4.78, 5) is 39.0. The van der Waals surface area contributed by atoms with Gasteiger partial charge in [0.1, 0.15) is 29.1 Å². The zero-order chi connectivity index (χ0) is 33.6. The van der Waals surface area contributed by atoms with E-state index in [2.05, 4.69) is 9.97 Å².